The maximum Gasteiger partial charge on any atom is 0.235 e. The second kappa shape index (κ2) is 4.27. The lowest BCUT2D eigenvalue weighted by atomic mass is 10.4. The van der Waals surface area contributed by atoms with Gasteiger partial charge in [0.05, 0.1) is 18.0 Å². The third kappa shape index (κ3) is 1.65. The maximum atomic E-state index is 5.35. The molecule has 7 nitrogen and oxygen atoms in total. The Hall–Kier alpha value is -2.48. The molecule has 0 aliphatic rings. The van der Waals surface area contributed by atoms with Crippen molar-refractivity contribution in [1.82, 2.24) is 29.6 Å². The lowest BCUT2D eigenvalue weighted by Gasteiger charge is -1.91. The van der Waals surface area contributed by atoms with Crippen LogP contribution >= 0.6 is 11.3 Å². The molecule has 0 atom stereocenters. The highest BCUT2D eigenvalue weighted by Gasteiger charge is 2.16. The van der Waals surface area contributed by atoms with Gasteiger partial charge in [-0.25, -0.2) is 0 Å². The largest absolute Gasteiger partial charge is 0.461 e. The first-order valence-electron chi connectivity index (χ1n) is 6.14. The highest BCUT2D eigenvalue weighted by atomic mass is 32.1. The zero-order valence-electron chi connectivity index (χ0n) is 10.6. The topological polar surface area (TPSA) is 74.0 Å². The average molecular weight is 286 g/mol. The molecule has 0 aliphatic heterocycles. The predicted octanol–water partition coefficient (Wildman–Crippen LogP) is 2.33. The molecule has 8 heteroatoms. The Labute approximate surface area is 117 Å². The van der Waals surface area contributed by atoms with E-state index < -0.39 is 0 Å². The van der Waals surface area contributed by atoms with Crippen molar-refractivity contribution in [2.24, 2.45) is 0 Å². The second-order valence-corrected chi connectivity index (χ2v) is 5.14. The summed E-state index contributed by atoms with van der Waals surface area (Å²) >= 11 is 1.48. The smallest absolute Gasteiger partial charge is 0.235 e. The van der Waals surface area contributed by atoms with Gasteiger partial charge >= 0.3 is 0 Å². The Morgan fingerprint density at radius 2 is 2.30 bits per heavy atom. The van der Waals surface area contributed by atoms with Crippen molar-refractivity contribution < 1.29 is 4.42 Å². The molecule has 0 aromatic carbocycles. The Bertz CT molecular complexity index is 856. The van der Waals surface area contributed by atoms with Gasteiger partial charge in [-0.05, 0) is 19.1 Å². The Balaban J connectivity index is 1.83. The molecule has 4 heterocycles. The van der Waals surface area contributed by atoms with Gasteiger partial charge < -0.3 is 4.42 Å². The summed E-state index contributed by atoms with van der Waals surface area (Å²) in [4.78, 5) is 0.732. The van der Waals surface area contributed by atoms with E-state index in [1.165, 1.54) is 11.3 Å². The lowest BCUT2D eigenvalue weighted by molar-refractivity contribution is 0.575. The summed E-state index contributed by atoms with van der Waals surface area (Å²) in [5.74, 6) is 1.26. The van der Waals surface area contributed by atoms with Crippen LogP contribution in [-0.2, 0) is 6.54 Å². The van der Waals surface area contributed by atoms with E-state index in [1.54, 1.807) is 10.8 Å². The third-order valence-corrected chi connectivity index (χ3v) is 3.88. The summed E-state index contributed by atoms with van der Waals surface area (Å²) < 4.78 is 8.91. The van der Waals surface area contributed by atoms with E-state index in [9.17, 15) is 0 Å². The summed E-state index contributed by atoms with van der Waals surface area (Å²) in [7, 11) is 0. The normalized spacial score (nSPS) is 11.4. The zero-order valence-corrected chi connectivity index (χ0v) is 11.4. The summed E-state index contributed by atoms with van der Waals surface area (Å²) in [6.45, 7) is 2.88. The van der Waals surface area contributed by atoms with Crippen LogP contribution in [-0.4, -0.2) is 29.6 Å². The molecule has 0 radical (unpaired) electrons. The maximum absolute atomic E-state index is 5.35. The molecule has 0 N–H and O–H groups in total. The third-order valence-electron chi connectivity index (χ3n) is 2.94. The minimum absolute atomic E-state index is 0.607. The SMILES string of the molecule is CCn1cc(-c2nn3c(-c4ccco4)nnc3s2)cn1. The van der Waals surface area contributed by atoms with Crippen LogP contribution in [0.2, 0.25) is 0 Å². The molecule has 20 heavy (non-hydrogen) atoms. The number of nitrogens with zero attached hydrogens (tertiary/aromatic N) is 6. The van der Waals surface area contributed by atoms with E-state index >= 15 is 0 Å². The second-order valence-electron chi connectivity index (χ2n) is 4.19. The van der Waals surface area contributed by atoms with Gasteiger partial charge in [0.15, 0.2) is 10.8 Å². The van der Waals surface area contributed by atoms with Gasteiger partial charge in [0.2, 0.25) is 10.8 Å². The first-order chi connectivity index (χ1) is 9.85. The van der Waals surface area contributed by atoms with Gasteiger partial charge in [-0.2, -0.15) is 14.7 Å². The summed E-state index contributed by atoms with van der Waals surface area (Å²) in [5, 5.41) is 17.9. The molecule has 0 fully saturated rings. The minimum atomic E-state index is 0.607. The fourth-order valence-corrected chi connectivity index (χ4v) is 2.75. The van der Waals surface area contributed by atoms with Crippen molar-refractivity contribution >= 4 is 16.3 Å². The molecule has 4 aromatic rings. The van der Waals surface area contributed by atoms with Gasteiger partial charge in [0, 0.05) is 12.7 Å². The molecule has 0 spiro atoms. The number of fused-ring (bicyclic) bond motifs is 1. The van der Waals surface area contributed by atoms with Crippen LogP contribution in [0.25, 0.3) is 27.1 Å². The first-order valence-corrected chi connectivity index (χ1v) is 6.96. The molecule has 4 aromatic heterocycles. The Morgan fingerprint density at radius 1 is 1.35 bits per heavy atom. The molecule has 0 unspecified atom stereocenters. The average Bonchev–Trinajstić information content (AvgIpc) is 3.20. The number of hydrogen-bond donors (Lipinski definition) is 0. The molecule has 0 bridgehead atoms. The molecular formula is C12H10N6OS. The highest BCUT2D eigenvalue weighted by molar-refractivity contribution is 7.19. The lowest BCUT2D eigenvalue weighted by Crippen LogP contribution is -1.92. The van der Waals surface area contributed by atoms with E-state index in [2.05, 4.69) is 20.4 Å². The van der Waals surface area contributed by atoms with Crippen molar-refractivity contribution in [3.63, 3.8) is 0 Å². The van der Waals surface area contributed by atoms with Crippen molar-refractivity contribution in [2.75, 3.05) is 0 Å². The molecule has 100 valence electrons. The minimum Gasteiger partial charge on any atom is -0.461 e. The number of furan rings is 1. The molecule has 4 rings (SSSR count). The van der Waals surface area contributed by atoms with Gasteiger partial charge in [-0.15, -0.1) is 10.2 Å². The molecular weight excluding hydrogens is 276 g/mol. The standard InChI is InChI=1S/C12H10N6OS/c1-2-17-7-8(6-13-17)11-16-18-10(9-4-3-5-19-9)14-15-12(18)20-11/h3-7H,2H2,1H3. The van der Waals surface area contributed by atoms with Crippen LogP contribution in [0.15, 0.2) is 35.2 Å². The zero-order chi connectivity index (χ0) is 13.5. The van der Waals surface area contributed by atoms with Crippen LogP contribution in [0.3, 0.4) is 0 Å². The van der Waals surface area contributed by atoms with Gasteiger partial charge in [-0.1, -0.05) is 11.3 Å². The van der Waals surface area contributed by atoms with Crippen molar-refractivity contribution in [3.8, 4) is 22.2 Å². The summed E-state index contributed by atoms with van der Waals surface area (Å²) in [6, 6.07) is 3.65. The molecule has 0 amide bonds. The quantitative estimate of drug-likeness (QED) is 0.578. The van der Waals surface area contributed by atoms with Crippen LogP contribution < -0.4 is 0 Å². The Morgan fingerprint density at radius 3 is 3.05 bits per heavy atom. The van der Waals surface area contributed by atoms with Crippen LogP contribution in [0, 0.1) is 0 Å². The monoisotopic (exact) mass is 286 g/mol. The highest BCUT2D eigenvalue weighted by Crippen LogP contribution is 2.27. The number of hydrogen-bond acceptors (Lipinski definition) is 6. The molecule has 0 saturated heterocycles. The van der Waals surface area contributed by atoms with E-state index in [1.807, 2.05) is 36.1 Å². The van der Waals surface area contributed by atoms with E-state index in [0.717, 1.165) is 22.1 Å². The fourth-order valence-electron chi connectivity index (χ4n) is 1.94. The Kier molecular flexibility index (Phi) is 2.43. The number of aromatic nitrogens is 6. The molecule has 0 saturated carbocycles. The van der Waals surface area contributed by atoms with Crippen molar-refractivity contribution in [3.05, 3.63) is 30.8 Å². The van der Waals surface area contributed by atoms with Crippen LogP contribution in [0.4, 0.5) is 0 Å². The number of aryl methyl sites for hydroxylation is 1. The number of rotatable bonds is 3. The fraction of sp³-hybridized carbons (Fsp3) is 0.167. The summed E-state index contributed by atoms with van der Waals surface area (Å²) in [6.07, 6.45) is 5.38. The van der Waals surface area contributed by atoms with E-state index in [0.29, 0.717) is 11.6 Å². The van der Waals surface area contributed by atoms with Crippen LogP contribution in [0.5, 0.6) is 0 Å². The van der Waals surface area contributed by atoms with Gasteiger partial charge in [0.1, 0.15) is 0 Å². The first kappa shape index (κ1) is 11.4. The summed E-state index contributed by atoms with van der Waals surface area (Å²) in [5.41, 5.74) is 0.979. The van der Waals surface area contributed by atoms with Gasteiger partial charge in [-0.3, -0.25) is 4.68 Å². The van der Waals surface area contributed by atoms with E-state index in [-0.39, 0.29) is 0 Å². The van der Waals surface area contributed by atoms with Gasteiger partial charge in [0.25, 0.3) is 0 Å². The van der Waals surface area contributed by atoms with Crippen molar-refractivity contribution in [2.45, 2.75) is 13.5 Å². The predicted molar refractivity (Wildman–Crippen MR) is 73.3 cm³/mol. The molecule has 0 aliphatic carbocycles. The van der Waals surface area contributed by atoms with Crippen LogP contribution in [0.1, 0.15) is 6.92 Å². The van der Waals surface area contributed by atoms with Crippen molar-refractivity contribution in [1.29, 1.82) is 0 Å². The van der Waals surface area contributed by atoms with E-state index in [4.69, 9.17) is 4.42 Å².